The SMILES string of the molecule is CCN(CC)S(=O)(=O)c1cccc(NC(=O)C[C@H]2CCS(=O)(=O)C2)c1. The Morgan fingerprint density at radius 3 is 2.52 bits per heavy atom. The van der Waals surface area contributed by atoms with Crippen molar-refractivity contribution in [2.75, 3.05) is 29.9 Å². The van der Waals surface area contributed by atoms with E-state index >= 15 is 0 Å². The molecule has 140 valence electrons. The molecule has 1 aliphatic rings. The maximum absolute atomic E-state index is 12.5. The predicted molar refractivity (Wildman–Crippen MR) is 96.6 cm³/mol. The highest BCUT2D eigenvalue weighted by Gasteiger charge is 2.29. The third-order valence-electron chi connectivity index (χ3n) is 4.26. The number of benzene rings is 1. The van der Waals surface area contributed by atoms with E-state index in [1.54, 1.807) is 26.0 Å². The van der Waals surface area contributed by atoms with E-state index in [0.29, 0.717) is 25.2 Å². The van der Waals surface area contributed by atoms with E-state index in [4.69, 9.17) is 0 Å². The van der Waals surface area contributed by atoms with Gasteiger partial charge in [0.1, 0.15) is 0 Å². The largest absolute Gasteiger partial charge is 0.326 e. The Labute approximate surface area is 149 Å². The van der Waals surface area contributed by atoms with Crippen LogP contribution in [0.4, 0.5) is 5.69 Å². The zero-order valence-corrected chi connectivity index (χ0v) is 16.1. The number of amides is 1. The lowest BCUT2D eigenvalue weighted by molar-refractivity contribution is -0.116. The fourth-order valence-corrected chi connectivity index (χ4v) is 6.32. The Kier molecular flexibility index (Phi) is 6.23. The molecule has 1 aromatic rings. The molecule has 25 heavy (non-hydrogen) atoms. The topological polar surface area (TPSA) is 101 Å². The summed E-state index contributed by atoms with van der Waals surface area (Å²) in [7, 11) is -6.61. The van der Waals surface area contributed by atoms with Crippen LogP contribution < -0.4 is 5.32 Å². The number of anilines is 1. The molecule has 0 aliphatic carbocycles. The fourth-order valence-electron chi connectivity index (χ4n) is 2.95. The molecule has 9 heteroatoms. The van der Waals surface area contributed by atoms with Gasteiger partial charge in [-0.3, -0.25) is 4.79 Å². The van der Waals surface area contributed by atoms with Gasteiger partial charge in [-0.1, -0.05) is 19.9 Å². The molecule has 0 saturated carbocycles. The van der Waals surface area contributed by atoms with E-state index in [1.807, 2.05) is 0 Å². The van der Waals surface area contributed by atoms with Crippen LogP contribution in [-0.4, -0.2) is 51.6 Å². The van der Waals surface area contributed by atoms with Gasteiger partial charge in [0.15, 0.2) is 9.84 Å². The van der Waals surface area contributed by atoms with Gasteiger partial charge < -0.3 is 5.32 Å². The van der Waals surface area contributed by atoms with Crippen molar-refractivity contribution in [1.82, 2.24) is 4.31 Å². The van der Waals surface area contributed by atoms with E-state index in [9.17, 15) is 21.6 Å². The molecule has 7 nitrogen and oxygen atoms in total. The number of nitrogens with zero attached hydrogens (tertiary/aromatic N) is 1. The molecule has 0 bridgehead atoms. The summed E-state index contributed by atoms with van der Waals surface area (Å²) in [5, 5.41) is 2.67. The van der Waals surface area contributed by atoms with Crippen molar-refractivity contribution >= 4 is 31.5 Å². The van der Waals surface area contributed by atoms with Crippen LogP contribution in [0.15, 0.2) is 29.2 Å². The second kappa shape index (κ2) is 7.84. The Morgan fingerprint density at radius 2 is 1.96 bits per heavy atom. The standard InChI is InChI=1S/C16H24N2O5S2/c1-3-18(4-2)25(22,23)15-7-5-6-14(11-15)17-16(19)10-13-8-9-24(20,21)12-13/h5-7,11,13H,3-4,8-10,12H2,1-2H3,(H,17,19)/t13-/m1/s1. The number of carbonyl (C=O) groups is 1. The molecule has 0 unspecified atom stereocenters. The van der Waals surface area contributed by atoms with Gasteiger partial charge in [0, 0.05) is 25.2 Å². The molecular formula is C16H24N2O5S2. The van der Waals surface area contributed by atoms with Gasteiger partial charge >= 0.3 is 0 Å². The molecule has 1 N–H and O–H groups in total. The van der Waals surface area contributed by atoms with Gasteiger partial charge in [0.2, 0.25) is 15.9 Å². The summed E-state index contributed by atoms with van der Waals surface area (Å²) in [4.78, 5) is 12.2. The first-order valence-electron chi connectivity index (χ1n) is 8.28. The third kappa shape index (κ3) is 5.02. The van der Waals surface area contributed by atoms with Gasteiger partial charge in [0.25, 0.3) is 0 Å². The number of sulfone groups is 1. The normalized spacial score (nSPS) is 19.9. The molecule has 1 atom stereocenters. The van der Waals surface area contributed by atoms with Crippen molar-refractivity contribution in [3.63, 3.8) is 0 Å². The minimum atomic E-state index is -3.59. The van der Waals surface area contributed by atoms with Crippen molar-refractivity contribution in [3.8, 4) is 0 Å². The van der Waals surface area contributed by atoms with Crippen molar-refractivity contribution in [3.05, 3.63) is 24.3 Å². The van der Waals surface area contributed by atoms with Gasteiger partial charge in [-0.15, -0.1) is 0 Å². The van der Waals surface area contributed by atoms with E-state index in [0.717, 1.165) is 0 Å². The highest BCUT2D eigenvalue weighted by atomic mass is 32.2. The predicted octanol–water partition coefficient (Wildman–Crippen LogP) is 1.48. The first-order valence-corrected chi connectivity index (χ1v) is 11.5. The molecule has 1 aliphatic heterocycles. The smallest absolute Gasteiger partial charge is 0.243 e. The van der Waals surface area contributed by atoms with Gasteiger partial charge in [-0.05, 0) is 30.5 Å². The van der Waals surface area contributed by atoms with E-state index in [1.165, 1.54) is 16.4 Å². The fraction of sp³-hybridized carbons (Fsp3) is 0.562. The molecule has 0 aromatic heterocycles. The zero-order valence-electron chi connectivity index (χ0n) is 14.4. The minimum Gasteiger partial charge on any atom is -0.326 e. The molecule has 1 aromatic carbocycles. The van der Waals surface area contributed by atoms with E-state index < -0.39 is 19.9 Å². The lowest BCUT2D eigenvalue weighted by atomic mass is 10.1. The van der Waals surface area contributed by atoms with Gasteiger partial charge in [0.05, 0.1) is 16.4 Å². The summed E-state index contributed by atoms with van der Waals surface area (Å²) in [6.45, 7) is 4.27. The lowest BCUT2D eigenvalue weighted by Gasteiger charge is -2.19. The van der Waals surface area contributed by atoms with Crippen LogP contribution in [0.1, 0.15) is 26.7 Å². The zero-order chi connectivity index (χ0) is 18.7. The molecule has 0 spiro atoms. The molecule has 1 saturated heterocycles. The highest BCUT2D eigenvalue weighted by molar-refractivity contribution is 7.91. The number of carbonyl (C=O) groups excluding carboxylic acids is 1. The summed E-state index contributed by atoms with van der Waals surface area (Å²) in [5.41, 5.74) is 0.388. The molecule has 1 amide bonds. The van der Waals surface area contributed by atoms with Gasteiger partial charge in [-0.2, -0.15) is 4.31 Å². The first-order chi connectivity index (χ1) is 11.7. The summed E-state index contributed by atoms with van der Waals surface area (Å²) in [6, 6.07) is 6.11. The second-order valence-electron chi connectivity index (χ2n) is 6.14. The average Bonchev–Trinajstić information content (AvgIpc) is 2.87. The number of nitrogens with one attached hydrogen (secondary N) is 1. The number of sulfonamides is 1. The third-order valence-corrected chi connectivity index (χ3v) is 8.14. The molecular weight excluding hydrogens is 364 g/mol. The molecule has 2 rings (SSSR count). The first kappa shape index (κ1) is 19.9. The number of rotatable bonds is 7. The Morgan fingerprint density at radius 1 is 1.28 bits per heavy atom. The van der Waals surface area contributed by atoms with Crippen LogP contribution in [0, 0.1) is 5.92 Å². The van der Waals surface area contributed by atoms with E-state index in [2.05, 4.69) is 5.32 Å². The highest BCUT2D eigenvalue weighted by Crippen LogP contribution is 2.23. The Balaban J connectivity index is 2.08. The number of hydrogen-bond donors (Lipinski definition) is 1. The van der Waals surface area contributed by atoms with Crippen LogP contribution in [0.3, 0.4) is 0 Å². The molecule has 1 heterocycles. The molecule has 1 fully saturated rings. The number of hydrogen-bond acceptors (Lipinski definition) is 5. The van der Waals surface area contributed by atoms with Crippen LogP contribution >= 0.6 is 0 Å². The Hall–Kier alpha value is -1.45. The van der Waals surface area contributed by atoms with Crippen molar-refractivity contribution in [1.29, 1.82) is 0 Å². The van der Waals surface area contributed by atoms with Crippen molar-refractivity contribution in [2.24, 2.45) is 5.92 Å². The van der Waals surface area contributed by atoms with E-state index in [-0.39, 0.29) is 34.6 Å². The van der Waals surface area contributed by atoms with Gasteiger partial charge in [-0.25, -0.2) is 16.8 Å². The minimum absolute atomic E-state index is 0.0385. The Bertz CT molecular complexity index is 830. The van der Waals surface area contributed by atoms with Crippen LogP contribution in [0.2, 0.25) is 0 Å². The maximum Gasteiger partial charge on any atom is 0.243 e. The quantitative estimate of drug-likeness (QED) is 0.762. The van der Waals surface area contributed by atoms with Crippen LogP contribution in [0.25, 0.3) is 0 Å². The van der Waals surface area contributed by atoms with Crippen LogP contribution in [-0.2, 0) is 24.7 Å². The maximum atomic E-state index is 12.5. The second-order valence-corrected chi connectivity index (χ2v) is 10.3. The van der Waals surface area contributed by atoms with Crippen molar-refractivity contribution in [2.45, 2.75) is 31.6 Å². The van der Waals surface area contributed by atoms with Crippen molar-refractivity contribution < 1.29 is 21.6 Å². The summed E-state index contributed by atoms with van der Waals surface area (Å²) >= 11 is 0. The summed E-state index contributed by atoms with van der Waals surface area (Å²) < 4.78 is 49.3. The summed E-state index contributed by atoms with van der Waals surface area (Å²) in [6.07, 6.45) is 0.610. The summed E-state index contributed by atoms with van der Waals surface area (Å²) in [5.74, 6) is -0.314. The average molecular weight is 389 g/mol. The lowest BCUT2D eigenvalue weighted by Crippen LogP contribution is -2.30. The molecule has 0 radical (unpaired) electrons. The monoisotopic (exact) mass is 388 g/mol. The van der Waals surface area contributed by atoms with Crippen LogP contribution in [0.5, 0.6) is 0 Å².